The van der Waals surface area contributed by atoms with Crippen LogP contribution < -0.4 is 5.73 Å². The van der Waals surface area contributed by atoms with Crippen LogP contribution in [0.25, 0.3) is 0 Å². The minimum Gasteiger partial charge on any atom is -0.340 e. The quantitative estimate of drug-likeness (QED) is 0.778. The third-order valence-corrected chi connectivity index (χ3v) is 3.91. The molecule has 18 heavy (non-hydrogen) atoms. The molecular weight excluding hydrogens is 226 g/mol. The highest BCUT2D eigenvalue weighted by atomic mass is 16.2. The van der Waals surface area contributed by atoms with Crippen LogP contribution in [0.4, 0.5) is 0 Å². The number of rotatable bonds is 6. The summed E-state index contributed by atoms with van der Waals surface area (Å²) in [5, 5.41) is 0. The van der Waals surface area contributed by atoms with E-state index in [1.165, 1.54) is 0 Å². The first-order valence-corrected chi connectivity index (χ1v) is 7.26. The van der Waals surface area contributed by atoms with Crippen LogP contribution in [0.2, 0.25) is 0 Å². The van der Waals surface area contributed by atoms with Gasteiger partial charge in [0, 0.05) is 38.6 Å². The molecule has 0 spiro atoms. The molecule has 1 rings (SSSR count). The first-order chi connectivity index (χ1) is 8.54. The van der Waals surface area contributed by atoms with Crippen LogP contribution in [-0.2, 0) is 4.79 Å². The van der Waals surface area contributed by atoms with E-state index in [1.807, 2.05) is 4.90 Å². The zero-order valence-corrected chi connectivity index (χ0v) is 12.2. The molecule has 0 aromatic rings. The maximum absolute atomic E-state index is 12.1. The van der Waals surface area contributed by atoms with E-state index in [0.29, 0.717) is 24.3 Å². The standard InChI is InChI=1S/C14H29N3O/c1-12(2)16-8-10-17(11-9-16)14(18)5-4-13(3)6-7-15/h12-13H,4-11,15H2,1-3H3. The van der Waals surface area contributed by atoms with Crippen LogP contribution in [-0.4, -0.2) is 54.5 Å². The van der Waals surface area contributed by atoms with E-state index >= 15 is 0 Å². The van der Waals surface area contributed by atoms with Crippen molar-refractivity contribution in [1.29, 1.82) is 0 Å². The summed E-state index contributed by atoms with van der Waals surface area (Å²) in [6.07, 6.45) is 2.68. The summed E-state index contributed by atoms with van der Waals surface area (Å²) < 4.78 is 0. The Hall–Kier alpha value is -0.610. The molecule has 1 atom stereocenters. The van der Waals surface area contributed by atoms with E-state index < -0.39 is 0 Å². The van der Waals surface area contributed by atoms with Crippen molar-refractivity contribution in [2.45, 2.75) is 46.1 Å². The van der Waals surface area contributed by atoms with E-state index in [4.69, 9.17) is 5.73 Å². The Morgan fingerprint density at radius 1 is 1.11 bits per heavy atom. The lowest BCUT2D eigenvalue weighted by molar-refractivity contribution is -0.133. The van der Waals surface area contributed by atoms with Gasteiger partial charge in [-0.05, 0) is 39.2 Å². The molecule has 0 saturated carbocycles. The van der Waals surface area contributed by atoms with Crippen LogP contribution in [0.3, 0.4) is 0 Å². The van der Waals surface area contributed by atoms with Gasteiger partial charge in [0.05, 0.1) is 0 Å². The highest BCUT2D eigenvalue weighted by Gasteiger charge is 2.22. The van der Waals surface area contributed by atoms with Gasteiger partial charge in [-0.2, -0.15) is 0 Å². The van der Waals surface area contributed by atoms with Gasteiger partial charge in [-0.3, -0.25) is 9.69 Å². The molecule has 0 aromatic heterocycles. The number of piperazine rings is 1. The highest BCUT2D eigenvalue weighted by Crippen LogP contribution is 2.12. The summed E-state index contributed by atoms with van der Waals surface area (Å²) in [5.74, 6) is 0.887. The van der Waals surface area contributed by atoms with Crippen LogP contribution in [0.5, 0.6) is 0 Å². The van der Waals surface area contributed by atoms with Crippen molar-refractivity contribution in [3.63, 3.8) is 0 Å². The van der Waals surface area contributed by atoms with Gasteiger partial charge in [-0.25, -0.2) is 0 Å². The molecule has 0 aliphatic carbocycles. The fraction of sp³-hybridized carbons (Fsp3) is 0.929. The summed E-state index contributed by atoms with van der Waals surface area (Å²) in [6.45, 7) is 11.1. The number of amides is 1. The summed E-state index contributed by atoms with van der Waals surface area (Å²) in [7, 11) is 0. The molecule has 4 heteroatoms. The summed E-state index contributed by atoms with van der Waals surface area (Å²) in [6, 6.07) is 0.590. The third-order valence-electron chi connectivity index (χ3n) is 3.91. The Kier molecular flexibility index (Phi) is 6.65. The molecule has 1 unspecified atom stereocenters. The van der Waals surface area contributed by atoms with Crippen molar-refractivity contribution in [2.75, 3.05) is 32.7 Å². The first-order valence-electron chi connectivity index (χ1n) is 7.26. The maximum atomic E-state index is 12.1. The lowest BCUT2D eigenvalue weighted by Gasteiger charge is -2.37. The highest BCUT2D eigenvalue weighted by molar-refractivity contribution is 5.76. The fourth-order valence-corrected chi connectivity index (χ4v) is 2.44. The molecule has 1 aliphatic heterocycles. The minimum atomic E-state index is 0.322. The molecule has 1 heterocycles. The smallest absolute Gasteiger partial charge is 0.222 e. The monoisotopic (exact) mass is 255 g/mol. The number of hydrogen-bond acceptors (Lipinski definition) is 3. The van der Waals surface area contributed by atoms with E-state index in [2.05, 4.69) is 25.7 Å². The van der Waals surface area contributed by atoms with Crippen molar-refractivity contribution < 1.29 is 4.79 Å². The zero-order valence-electron chi connectivity index (χ0n) is 12.2. The second-order valence-corrected chi connectivity index (χ2v) is 5.73. The molecule has 106 valence electrons. The predicted octanol–water partition coefficient (Wildman–Crippen LogP) is 1.30. The average Bonchev–Trinajstić information content (AvgIpc) is 2.36. The molecule has 0 bridgehead atoms. The van der Waals surface area contributed by atoms with Crippen LogP contribution in [0, 0.1) is 5.92 Å². The van der Waals surface area contributed by atoms with Gasteiger partial charge in [-0.1, -0.05) is 6.92 Å². The van der Waals surface area contributed by atoms with Crippen molar-refractivity contribution in [2.24, 2.45) is 11.7 Å². The Bertz CT molecular complexity index is 247. The second kappa shape index (κ2) is 7.74. The lowest BCUT2D eigenvalue weighted by Crippen LogP contribution is -2.50. The minimum absolute atomic E-state index is 0.322. The molecule has 4 nitrogen and oxygen atoms in total. The maximum Gasteiger partial charge on any atom is 0.222 e. The Morgan fingerprint density at radius 2 is 1.72 bits per heavy atom. The first kappa shape index (κ1) is 15.4. The van der Waals surface area contributed by atoms with Crippen LogP contribution >= 0.6 is 0 Å². The number of hydrogen-bond donors (Lipinski definition) is 1. The van der Waals surface area contributed by atoms with E-state index in [1.54, 1.807) is 0 Å². The molecule has 1 amide bonds. The number of carbonyl (C=O) groups excluding carboxylic acids is 1. The number of carbonyl (C=O) groups is 1. The van der Waals surface area contributed by atoms with Crippen LogP contribution in [0.1, 0.15) is 40.0 Å². The van der Waals surface area contributed by atoms with Crippen molar-refractivity contribution >= 4 is 5.91 Å². The van der Waals surface area contributed by atoms with Crippen molar-refractivity contribution in [1.82, 2.24) is 9.80 Å². The topological polar surface area (TPSA) is 49.6 Å². The van der Waals surface area contributed by atoms with E-state index in [9.17, 15) is 4.79 Å². The van der Waals surface area contributed by atoms with Gasteiger partial charge >= 0.3 is 0 Å². The molecule has 0 radical (unpaired) electrons. The molecule has 1 fully saturated rings. The number of nitrogens with zero attached hydrogens (tertiary/aromatic N) is 2. The van der Waals surface area contributed by atoms with E-state index in [-0.39, 0.29) is 0 Å². The molecular formula is C14H29N3O. The van der Waals surface area contributed by atoms with Gasteiger partial charge < -0.3 is 10.6 Å². The van der Waals surface area contributed by atoms with Crippen LogP contribution in [0.15, 0.2) is 0 Å². The normalized spacial score (nSPS) is 19.3. The third kappa shape index (κ3) is 4.94. The molecule has 1 aliphatic rings. The SMILES string of the molecule is CC(CCN)CCC(=O)N1CCN(C(C)C)CC1. The van der Waals surface area contributed by atoms with Gasteiger partial charge in [0.1, 0.15) is 0 Å². The second-order valence-electron chi connectivity index (χ2n) is 5.73. The molecule has 1 saturated heterocycles. The molecule has 2 N–H and O–H groups in total. The Labute approximate surface area is 111 Å². The summed E-state index contributed by atoms with van der Waals surface area (Å²) in [5.41, 5.74) is 5.52. The lowest BCUT2D eigenvalue weighted by atomic mass is 10.0. The molecule has 0 aromatic carbocycles. The predicted molar refractivity (Wildman–Crippen MR) is 75.4 cm³/mol. The van der Waals surface area contributed by atoms with Gasteiger partial charge in [0.25, 0.3) is 0 Å². The zero-order chi connectivity index (χ0) is 13.5. The van der Waals surface area contributed by atoms with E-state index in [0.717, 1.165) is 45.6 Å². The van der Waals surface area contributed by atoms with Gasteiger partial charge in [0.2, 0.25) is 5.91 Å². The largest absolute Gasteiger partial charge is 0.340 e. The summed E-state index contributed by atoms with van der Waals surface area (Å²) in [4.78, 5) is 16.5. The summed E-state index contributed by atoms with van der Waals surface area (Å²) >= 11 is 0. The van der Waals surface area contributed by atoms with Crippen molar-refractivity contribution in [3.05, 3.63) is 0 Å². The van der Waals surface area contributed by atoms with Gasteiger partial charge in [0.15, 0.2) is 0 Å². The fourth-order valence-electron chi connectivity index (χ4n) is 2.44. The van der Waals surface area contributed by atoms with Crippen molar-refractivity contribution in [3.8, 4) is 0 Å². The number of nitrogens with two attached hydrogens (primary N) is 1. The Morgan fingerprint density at radius 3 is 2.22 bits per heavy atom. The Balaban J connectivity index is 2.23. The van der Waals surface area contributed by atoms with Gasteiger partial charge in [-0.15, -0.1) is 0 Å². The average molecular weight is 255 g/mol.